The quantitative estimate of drug-likeness (QED) is 0.247. The SMILES string of the molecule is CCOC(=O)c1ccc(NC(=O)CSc2ncc(S(=O)(=O)c3ccc(Br)cc3)c(=O)[nH]2)cc1. The third kappa shape index (κ3) is 6.30. The number of sulfone groups is 1. The molecule has 172 valence electrons. The molecule has 12 heteroatoms. The Labute approximate surface area is 202 Å². The lowest BCUT2D eigenvalue weighted by Gasteiger charge is -2.07. The van der Waals surface area contributed by atoms with E-state index in [-0.39, 0.29) is 28.3 Å². The third-order valence-corrected chi connectivity index (χ3v) is 7.36. The second-order valence-corrected chi connectivity index (χ2v) is 10.3. The van der Waals surface area contributed by atoms with Gasteiger partial charge in [-0.1, -0.05) is 27.7 Å². The molecular weight excluding hydrogens is 534 g/mol. The van der Waals surface area contributed by atoms with Crippen LogP contribution in [0.25, 0.3) is 0 Å². The van der Waals surface area contributed by atoms with Crippen LogP contribution in [0.4, 0.5) is 5.69 Å². The van der Waals surface area contributed by atoms with Crippen LogP contribution >= 0.6 is 27.7 Å². The van der Waals surface area contributed by atoms with Crippen LogP contribution in [0, 0.1) is 0 Å². The zero-order valence-corrected chi connectivity index (χ0v) is 20.4. The van der Waals surface area contributed by atoms with E-state index in [2.05, 4.69) is 31.2 Å². The number of hydrogen-bond acceptors (Lipinski definition) is 8. The van der Waals surface area contributed by atoms with Gasteiger partial charge >= 0.3 is 5.97 Å². The molecule has 0 saturated carbocycles. The van der Waals surface area contributed by atoms with Gasteiger partial charge in [0.15, 0.2) is 10.1 Å². The Morgan fingerprint density at radius 2 is 1.79 bits per heavy atom. The molecule has 0 spiro atoms. The molecule has 3 aromatic rings. The molecule has 0 saturated heterocycles. The number of nitrogens with one attached hydrogen (secondary N) is 2. The number of carbonyl (C=O) groups is 2. The number of carbonyl (C=O) groups excluding carboxylic acids is 2. The van der Waals surface area contributed by atoms with E-state index in [0.717, 1.165) is 18.0 Å². The van der Waals surface area contributed by atoms with Crippen LogP contribution in [-0.4, -0.2) is 42.6 Å². The van der Waals surface area contributed by atoms with Crippen molar-refractivity contribution in [3.8, 4) is 0 Å². The fourth-order valence-corrected chi connectivity index (χ4v) is 4.74. The monoisotopic (exact) mass is 551 g/mol. The highest BCUT2D eigenvalue weighted by Gasteiger charge is 2.22. The molecule has 2 aromatic carbocycles. The largest absolute Gasteiger partial charge is 0.462 e. The number of esters is 1. The molecule has 0 atom stereocenters. The molecule has 0 fully saturated rings. The summed E-state index contributed by atoms with van der Waals surface area (Å²) in [7, 11) is -4.04. The van der Waals surface area contributed by atoms with Crippen molar-refractivity contribution in [3.63, 3.8) is 0 Å². The molecule has 0 radical (unpaired) electrons. The van der Waals surface area contributed by atoms with E-state index in [1.165, 1.54) is 24.3 Å². The molecule has 0 bridgehead atoms. The Morgan fingerprint density at radius 1 is 1.12 bits per heavy atom. The molecule has 0 aliphatic rings. The Hall–Kier alpha value is -2.96. The predicted molar refractivity (Wildman–Crippen MR) is 126 cm³/mol. The van der Waals surface area contributed by atoms with Crippen molar-refractivity contribution in [2.45, 2.75) is 21.9 Å². The first-order valence-electron chi connectivity index (χ1n) is 9.50. The van der Waals surface area contributed by atoms with Crippen LogP contribution in [0.3, 0.4) is 0 Å². The number of H-pyrrole nitrogens is 1. The summed E-state index contributed by atoms with van der Waals surface area (Å²) < 4.78 is 31.0. The average Bonchev–Trinajstić information content (AvgIpc) is 2.78. The number of hydrogen-bond donors (Lipinski definition) is 2. The Morgan fingerprint density at radius 3 is 2.39 bits per heavy atom. The third-order valence-electron chi connectivity index (χ3n) is 4.18. The zero-order chi connectivity index (χ0) is 24.0. The van der Waals surface area contributed by atoms with E-state index in [0.29, 0.717) is 15.7 Å². The van der Waals surface area contributed by atoms with Gasteiger partial charge in [0.1, 0.15) is 0 Å². The predicted octanol–water partition coefficient (Wildman–Crippen LogP) is 3.27. The van der Waals surface area contributed by atoms with Crippen molar-refractivity contribution in [1.29, 1.82) is 0 Å². The van der Waals surface area contributed by atoms with Crippen molar-refractivity contribution in [2.24, 2.45) is 0 Å². The molecule has 0 aliphatic carbocycles. The second kappa shape index (κ2) is 10.8. The van der Waals surface area contributed by atoms with Gasteiger partial charge in [0, 0.05) is 10.2 Å². The highest BCUT2D eigenvalue weighted by Crippen LogP contribution is 2.21. The van der Waals surface area contributed by atoms with Crippen molar-refractivity contribution >= 4 is 55.1 Å². The van der Waals surface area contributed by atoms with Gasteiger partial charge < -0.3 is 15.0 Å². The smallest absolute Gasteiger partial charge is 0.338 e. The van der Waals surface area contributed by atoms with Crippen molar-refractivity contribution in [2.75, 3.05) is 17.7 Å². The first-order chi connectivity index (χ1) is 15.7. The average molecular weight is 552 g/mol. The minimum Gasteiger partial charge on any atom is -0.462 e. The van der Waals surface area contributed by atoms with E-state index in [4.69, 9.17) is 4.74 Å². The van der Waals surface area contributed by atoms with Gasteiger partial charge in [-0.25, -0.2) is 18.2 Å². The Balaban J connectivity index is 1.62. The minimum atomic E-state index is -4.04. The number of rotatable bonds is 8. The van der Waals surface area contributed by atoms with Crippen LogP contribution < -0.4 is 10.9 Å². The summed E-state index contributed by atoms with van der Waals surface area (Å²) in [5, 5.41) is 2.75. The van der Waals surface area contributed by atoms with Crippen LogP contribution in [0.15, 0.2) is 78.9 Å². The van der Waals surface area contributed by atoms with Gasteiger partial charge in [0.25, 0.3) is 5.56 Å². The molecule has 2 N–H and O–H groups in total. The summed E-state index contributed by atoms with van der Waals surface area (Å²) in [4.78, 5) is 42.0. The molecule has 33 heavy (non-hydrogen) atoms. The summed E-state index contributed by atoms with van der Waals surface area (Å²) in [6.45, 7) is 1.98. The summed E-state index contributed by atoms with van der Waals surface area (Å²) >= 11 is 4.17. The molecule has 3 rings (SSSR count). The fourth-order valence-electron chi connectivity index (χ4n) is 2.61. The Bertz CT molecular complexity index is 1320. The molecule has 1 heterocycles. The van der Waals surface area contributed by atoms with E-state index >= 15 is 0 Å². The number of anilines is 1. The van der Waals surface area contributed by atoms with Crippen molar-refractivity contribution in [1.82, 2.24) is 9.97 Å². The zero-order valence-electron chi connectivity index (χ0n) is 17.2. The lowest BCUT2D eigenvalue weighted by molar-refractivity contribution is -0.113. The number of aromatic nitrogens is 2. The van der Waals surface area contributed by atoms with Crippen LogP contribution in [0.1, 0.15) is 17.3 Å². The number of amides is 1. The van der Waals surface area contributed by atoms with Gasteiger partial charge in [0.05, 0.1) is 29.0 Å². The van der Waals surface area contributed by atoms with Crippen LogP contribution in [-0.2, 0) is 19.4 Å². The highest BCUT2D eigenvalue weighted by molar-refractivity contribution is 9.10. The summed E-state index contributed by atoms with van der Waals surface area (Å²) in [6.07, 6.45) is 0.977. The van der Waals surface area contributed by atoms with Gasteiger partial charge in [-0.2, -0.15) is 0 Å². The number of benzene rings is 2. The fraction of sp³-hybridized carbons (Fsp3) is 0.143. The summed E-state index contributed by atoms with van der Waals surface area (Å²) in [6, 6.07) is 12.1. The lowest BCUT2D eigenvalue weighted by atomic mass is 10.2. The van der Waals surface area contributed by atoms with Crippen LogP contribution in [0.2, 0.25) is 0 Å². The summed E-state index contributed by atoms with van der Waals surface area (Å²) in [5.74, 6) is -0.911. The number of ether oxygens (including phenoxy) is 1. The maximum absolute atomic E-state index is 12.7. The topological polar surface area (TPSA) is 135 Å². The molecule has 0 unspecified atom stereocenters. The van der Waals surface area contributed by atoms with E-state index in [9.17, 15) is 22.8 Å². The van der Waals surface area contributed by atoms with Gasteiger partial charge in [0.2, 0.25) is 15.7 Å². The standard InChI is InChI=1S/C21H18BrN3O6S2/c1-2-31-20(28)13-3-7-15(8-4-13)24-18(26)12-32-21-23-11-17(19(27)25-21)33(29,30)16-9-5-14(22)6-10-16/h3-11H,2,12H2,1H3,(H,24,26)(H,23,25,27). The first-order valence-corrected chi connectivity index (χ1v) is 12.8. The van der Waals surface area contributed by atoms with Gasteiger partial charge in [-0.15, -0.1) is 0 Å². The van der Waals surface area contributed by atoms with Crippen molar-refractivity contribution in [3.05, 3.63) is 75.1 Å². The van der Waals surface area contributed by atoms with E-state index < -0.39 is 26.3 Å². The molecule has 1 aromatic heterocycles. The normalized spacial score (nSPS) is 11.1. The molecular formula is C21H18BrN3O6S2. The minimum absolute atomic E-state index is 0.0354. The number of nitrogens with zero attached hydrogens (tertiary/aromatic N) is 1. The molecule has 1 amide bonds. The maximum Gasteiger partial charge on any atom is 0.338 e. The summed E-state index contributed by atoms with van der Waals surface area (Å²) in [5.41, 5.74) is 0.0144. The van der Waals surface area contributed by atoms with Crippen LogP contribution in [0.5, 0.6) is 0 Å². The van der Waals surface area contributed by atoms with Crippen molar-refractivity contribution < 1.29 is 22.7 Å². The van der Waals surface area contributed by atoms with Gasteiger partial charge in [-0.3, -0.25) is 9.59 Å². The Kier molecular flexibility index (Phi) is 8.06. The van der Waals surface area contributed by atoms with E-state index in [1.807, 2.05) is 0 Å². The number of halogens is 1. The first kappa shape index (κ1) is 24.7. The number of aromatic amines is 1. The van der Waals surface area contributed by atoms with E-state index in [1.54, 1.807) is 31.2 Å². The lowest BCUT2D eigenvalue weighted by Crippen LogP contribution is -2.20. The molecule has 0 aliphatic heterocycles. The van der Waals surface area contributed by atoms with Gasteiger partial charge in [-0.05, 0) is 55.5 Å². The second-order valence-electron chi connectivity index (χ2n) is 6.47. The number of thioether (sulfide) groups is 1. The maximum atomic E-state index is 12.7. The molecule has 9 nitrogen and oxygen atoms in total. The highest BCUT2D eigenvalue weighted by atomic mass is 79.9.